The number of hydrogen-bond donors (Lipinski definition) is 1. The maximum absolute atomic E-state index is 15.9. The van der Waals surface area contributed by atoms with E-state index >= 15 is 13.2 Å². The molecule has 0 spiro atoms. The Balaban J connectivity index is 1.42. The molecule has 0 radical (unpaired) electrons. The largest absolute Gasteiger partial charge is 0.363 e. The Bertz CT molecular complexity index is 1610. The van der Waals surface area contributed by atoms with Gasteiger partial charge in [-0.05, 0) is 76.4 Å². The first-order valence-corrected chi connectivity index (χ1v) is 17.2. The second kappa shape index (κ2) is 13.1. The van der Waals surface area contributed by atoms with Crippen molar-refractivity contribution in [2.45, 2.75) is 76.3 Å². The van der Waals surface area contributed by atoms with Crippen LogP contribution in [0.15, 0.2) is 47.5 Å². The summed E-state index contributed by atoms with van der Waals surface area (Å²) in [5.41, 5.74) is 0.577. The van der Waals surface area contributed by atoms with Gasteiger partial charge in [0.25, 0.3) is 11.5 Å². The highest BCUT2D eigenvalue weighted by molar-refractivity contribution is 7.85. The molecule has 7 rings (SSSR count). The molecule has 0 aliphatic carbocycles. The Kier molecular flexibility index (Phi) is 9.23. The van der Waals surface area contributed by atoms with Crippen LogP contribution in [0.5, 0.6) is 0 Å². The second-order valence-corrected chi connectivity index (χ2v) is 14.2. The summed E-state index contributed by atoms with van der Waals surface area (Å²) in [5, 5.41) is 3.87. The summed E-state index contributed by atoms with van der Waals surface area (Å²) >= 11 is 0. The molecule has 1 aromatic carbocycles. The summed E-state index contributed by atoms with van der Waals surface area (Å²) in [7, 11) is -0.871. The third-order valence-electron chi connectivity index (χ3n) is 9.52. The van der Waals surface area contributed by atoms with Gasteiger partial charge in [0.2, 0.25) is 0 Å². The lowest BCUT2D eigenvalue weighted by Crippen LogP contribution is -2.35. The smallest absolute Gasteiger partial charge is 0.276 e. The van der Waals surface area contributed by atoms with E-state index in [0.717, 1.165) is 32.5 Å². The summed E-state index contributed by atoms with van der Waals surface area (Å²) in [6, 6.07) is 5.35. The fraction of sp³-hybridized carbons (Fsp3) is 0.545. The first-order valence-electron chi connectivity index (χ1n) is 15.8. The molecule has 0 amide bonds. The van der Waals surface area contributed by atoms with Crippen molar-refractivity contribution >= 4 is 27.7 Å². The number of aromatic nitrogens is 3. The van der Waals surface area contributed by atoms with Crippen LogP contribution in [0.4, 0.5) is 19.0 Å². The Morgan fingerprint density at radius 1 is 1.02 bits per heavy atom. The van der Waals surface area contributed by atoms with Crippen LogP contribution in [0.1, 0.15) is 80.5 Å². The number of piperidine rings is 1. The number of hydrogen-bond acceptors (Lipinski definition) is 6. The average Bonchev–Trinajstić information content (AvgIpc) is 3.00. The fourth-order valence-electron chi connectivity index (χ4n) is 6.93. The van der Waals surface area contributed by atoms with Crippen molar-refractivity contribution in [2.24, 2.45) is 5.92 Å². The van der Waals surface area contributed by atoms with Gasteiger partial charge in [-0.25, -0.2) is 23.1 Å². The van der Waals surface area contributed by atoms with Gasteiger partial charge in [0.15, 0.2) is 0 Å². The highest BCUT2D eigenvalue weighted by atomic mass is 32.2. The van der Waals surface area contributed by atoms with Crippen molar-refractivity contribution in [1.29, 1.82) is 0 Å². The van der Waals surface area contributed by atoms with Gasteiger partial charge in [0.05, 0.1) is 17.0 Å². The van der Waals surface area contributed by atoms with E-state index in [1.807, 2.05) is 6.07 Å². The quantitative estimate of drug-likeness (QED) is 0.321. The Hall–Kier alpha value is -3.05. The number of alkyl halides is 2. The van der Waals surface area contributed by atoms with Crippen LogP contribution < -0.4 is 10.9 Å². The number of benzene rings is 1. The third-order valence-corrected chi connectivity index (χ3v) is 10.9. The van der Waals surface area contributed by atoms with Gasteiger partial charge in [0, 0.05) is 52.9 Å². The van der Waals surface area contributed by atoms with E-state index in [4.69, 9.17) is 0 Å². The van der Waals surface area contributed by atoms with Crippen LogP contribution in [-0.2, 0) is 23.3 Å². The molecule has 7 nitrogen and oxygen atoms in total. The van der Waals surface area contributed by atoms with Crippen LogP contribution >= 0.6 is 0 Å². The second-order valence-electron chi connectivity index (χ2n) is 12.5. The molecule has 44 heavy (non-hydrogen) atoms. The minimum Gasteiger partial charge on any atom is -0.363 e. The lowest BCUT2D eigenvalue weighted by atomic mass is 9.87. The minimum atomic E-state index is -3.29. The summed E-state index contributed by atoms with van der Waals surface area (Å²) in [6.45, 7) is 4.41. The molecule has 6 heterocycles. The first kappa shape index (κ1) is 31.0. The number of anilines is 1. The summed E-state index contributed by atoms with van der Waals surface area (Å²) in [4.78, 5) is 25.1. The molecule has 3 aromatic rings. The van der Waals surface area contributed by atoms with Gasteiger partial charge in [0.1, 0.15) is 23.6 Å². The SMILES string of the molecule is C[C@H]1Nc2ncnc3c2cc(C2CCS(=O)CC2)c(=O)n3CCC/C=C/CN2CCC(CC2)CC(F)(F)c2cccc1c2F. The topological polar surface area (TPSA) is 80.1 Å². The fourth-order valence-corrected chi connectivity index (χ4v) is 8.23. The number of pyridine rings is 1. The highest BCUT2D eigenvalue weighted by Gasteiger charge is 2.39. The molecule has 1 atom stereocenters. The van der Waals surface area contributed by atoms with Crippen molar-refractivity contribution in [3.05, 3.63) is 75.6 Å². The number of nitrogens with zero attached hydrogens (tertiary/aromatic N) is 4. The predicted octanol–water partition coefficient (Wildman–Crippen LogP) is 6.27. The molecule has 2 fully saturated rings. The van der Waals surface area contributed by atoms with Crippen molar-refractivity contribution in [3.63, 3.8) is 0 Å². The van der Waals surface area contributed by atoms with E-state index in [-0.39, 0.29) is 29.4 Å². The highest BCUT2D eigenvalue weighted by Crippen LogP contribution is 2.41. The summed E-state index contributed by atoms with van der Waals surface area (Å²) in [6.07, 6.45) is 9.39. The zero-order valence-electron chi connectivity index (χ0n) is 25.1. The zero-order chi connectivity index (χ0) is 30.8. The molecule has 236 valence electrons. The van der Waals surface area contributed by atoms with Gasteiger partial charge in [-0.2, -0.15) is 0 Å². The van der Waals surface area contributed by atoms with Crippen molar-refractivity contribution in [2.75, 3.05) is 36.5 Å². The van der Waals surface area contributed by atoms with E-state index in [1.54, 1.807) is 11.5 Å². The number of nitrogens with one attached hydrogen (secondary N) is 1. The van der Waals surface area contributed by atoms with E-state index in [0.29, 0.717) is 66.1 Å². The van der Waals surface area contributed by atoms with Crippen LogP contribution in [0, 0.1) is 11.7 Å². The lowest BCUT2D eigenvalue weighted by molar-refractivity contribution is -0.0397. The molecule has 0 unspecified atom stereocenters. The number of fused-ring (bicyclic) bond motifs is 8. The number of aryl methyl sites for hydroxylation is 1. The molecule has 2 aromatic heterocycles. The molecule has 11 heteroatoms. The Morgan fingerprint density at radius 2 is 1.80 bits per heavy atom. The van der Waals surface area contributed by atoms with Crippen molar-refractivity contribution < 1.29 is 17.4 Å². The van der Waals surface area contributed by atoms with Gasteiger partial charge < -0.3 is 5.32 Å². The molecule has 8 bridgehead atoms. The van der Waals surface area contributed by atoms with Crippen molar-refractivity contribution in [3.8, 4) is 0 Å². The third kappa shape index (κ3) is 6.49. The average molecular weight is 628 g/mol. The Labute approximate surface area is 258 Å². The lowest BCUT2D eigenvalue weighted by Gasteiger charge is -2.33. The molecule has 4 aliphatic rings. The van der Waals surface area contributed by atoms with Crippen molar-refractivity contribution in [1.82, 2.24) is 19.4 Å². The van der Waals surface area contributed by atoms with E-state index in [9.17, 15) is 9.00 Å². The standard InChI is InChI=1S/C33H40F3N5O2S/c1-22-25-7-6-8-28(29(25)34)33(35,36)20-23-9-15-40(16-10-23)13-4-2-3-5-14-41-31-27(30(39-22)37-21-38-31)19-26(32(41)42)24-11-17-44(43)18-12-24/h2,4,6-8,19,21-24H,3,5,9-18,20H2,1H3,(H,37,38,39)/b4-2+/t22-,24?,44?/m1/s1. The van der Waals surface area contributed by atoms with E-state index in [1.165, 1.54) is 24.5 Å². The molecule has 1 N–H and O–H groups in total. The van der Waals surface area contributed by atoms with Crippen LogP contribution in [0.3, 0.4) is 0 Å². The van der Waals surface area contributed by atoms with E-state index < -0.39 is 34.1 Å². The normalized spacial score (nSPS) is 28.7. The number of allylic oxidation sites excluding steroid dienone is 1. The molecule has 0 saturated carbocycles. The minimum absolute atomic E-state index is 0.0312. The number of rotatable bonds is 1. The van der Waals surface area contributed by atoms with Gasteiger partial charge in [-0.3, -0.25) is 18.5 Å². The molecular formula is C33H40F3N5O2S. The maximum Gasteiger partial charge on any atom is 0.276 e. The van der Waals surface area contributed by atoms with Crippen LogP contribution in [-0.4, -0.2) is 54.8 Å². The van der Waals surface area contributed by atoms with Crippen LogP contribution in [0.2, 0.25) is 0 Å². The maximum atomic E-state index is 15.9. The first-order chi connectivity index (χ1) is 21.2. The molecule has 2 saturated heterocycles. The molecule has 4 aliphatic heterocycles. The predicted molar refractivity (Wildman–Crippen MR) is 168 cm³/mol. The monoisotopic (exact) mass is 627 g/mol. The Morgan fingerprint density at radius 3 is 2.57 bits per heavy atom. The van der Waals surface area contributed by atoms with Gasteiger partial charge >= 0.3 is 0 Å². The van der Waals surface area contributed by atoms with Crippen LogP contribution in [0.25, 0.3) is 11.0 Å². The molecular weight excluding hydrogens is 587 g/mol. The number of halogens is 3. The van der Waals surface area contributed by atoms with Gasteiger partial charge in [-0.15, -0.1) is 0 Å². The zero-order valence-corrected chi connectivity index (χ0v) is 25.9. The summed E-state index contributed by atoms with van der Waals surface area (Å²) in [5.74, 6) is -2.88. The summed E-state index contributed by atoms with van der Waals surface area (Å²) < 4.78 is 60.9. The van der Waals surface area contributed by atoms with Gasteiger partial charge in [-0.1, -0.05) is 30.4 Å². The van der Waals surface area contributed by atoms with E-state index in [2.05, 4.69) is 32.3 Å².